The number of rotatable bonds is 25. The van der Waals surface area contributed by atoms with Crippen LogP contribution < -0.4 is 0 Å². The van der Waals surface area contributed by atoms with E-state index in [4.69, 9.17) is 18.9 Å². The van der Waals surface area contributed by atoms with Crippen molar-refractivity contribution in [3.05, 3.63) is 0 Å². The predicted octanol–water partition coefficient (Wildman–Crippen LogP) is 2.46. The Morgan fingerprint density at radius 1 is 0.471 bits per heavy atom. The van der Waals surface area contributed by atoms with Crippen LogP contribution in [0.15, 0.2) is 0 Å². The Morgan fingerprint density at radius 2 is 0.676 bits per heavy atom. The van der Waals surface area contributed by atoms with Gasteiger partial charge in [-0.3, -0.25) is 19.2 Å². The Balaban J connectivity index is 5.93. The van der Waals surface area contributed by atoms with E-state index in [0.717, 1.165) is 47.0 Å². The maximum absolute atomic E-state index is 11.7. The summed E-state index contributed by atoms with van der Waals surface area (Å²) in [7, 11) is 0. The van der Waals surface area contributed by atoms with Gasteiger partial charge >= 0.3 is 0 Å². The second-order valence-corrected chi connectivity index (χ2v) is 13.0. The van der Waals surface area contributed by atoms with E-state index in [1.165, 1.54) is 0 Å². The molecule has 8 nitrogen and oxygen atoms in total. The lowest BCUT2D eigenvalue weighted by Crippen LogP contribution is -2.30. The first-order valence-electron chi connectivity index (χ1n) is 9.86. The van der Waals surface area contributed by atoms with E-state index in [1.54, 1.807) is 0 Å². The van der Waals surface area contributed by atoms with Crippen LogP contribution in [0, 0.1) is 0 Å². The third kappa shape index (κ3) is 16.9. The molecule has 16 heteroatoms. The fourth-order valence-corrected chi connectivity index (χ4v) is 8.28. The summed E-state index contributed by atoms with van der Waals surface area (Å²) >= 11 is 20.9. The molecule has 0 heterocycles. The quantitative estimate of drug-likeness (QED) is 0.0677. The van der Waals surface area contributed by atoms with Gasteiger partial charge in [0.15, 0.2) is 46.9 Å². The fraction of sp³-hybridized carbons (Fsp3) is 0.778. The smallest absolute Gasteiger partial charge is 0.159 e. The van der Waals surface area contributed by atoms with Gasteiger partial charge in [0.1, 0.15) is 0 Å². The Labute approximate surface area is 239 Å². The Bertz CT molecular complexity index is 460. The van der Waals surface area contributed by atoms with Crippen LogP contribution in [0.2, 0.25) is 0 Å². The predicted molar refractivity (Wildman–Crippen MR) is 157 cm³/mol. The zero-order valence-corrected chi connectivity index (χ0v) is 25.0. The molecule has 0 radical (unpaired) electrons. The number of aldehydes is 4. The van der Waals surface area contributed by atoms with Gasteiger partial charge in [-0.25, -0.2) is 0 Å². The molecule has 0 bridgehead atoms. The molecule has 0 aromatic carbocycles. The molecule has 0 aliphatic carbocycles. The maximum Gasteiger partial charge on any atom is 0.159 e. The summed E-state index contributed by atoms with van der Waals surface area (Å²) in [5.41, 5.74) is -3.48. The van der Waals surface area contributed by atoms with Crippen molar-refractivity contribution in [3.8, 4) is 0 Å². The molecule has 0 saturated carbocycles. The molecule has 4 unspecified atom stereocenters. The van der Waals surface area contributed by atoms with E-state index in [9.17, 15) is 19.2 Å². The first kappa shape index (κ1) is 35.3. The zero-order valence-electron chi connectivity index (χ0n) is 18.1. The van der Waals surface area contributed by atoms with Crippen LogP contribution in [0.5, 0.6) is 0 Å². The van der Waals surface area contributed by atoms with Gasteiger partial charge in [0, 0.05) is 23.0 Å². The van der Waals surface area contributed by atoms with Crippen molar-refractivity contribution in [2.45, 2.75) is 30.9 Å². The average Bonchev–Trinajstić information content (AvgIpc) is 2.86. The van der Waals surface area contributed by atoms with Crippen LogP contribution in [-0.4, -0.2) is 105 Å². The van der Waals surface area contributed by atoms with Gasteiger partial charge in [-0.2, -0.15) is 50.5 Å². The van der Waals surface area contributed by atoms with E-state index >= 15 is 0 Å². The van der Waals surface area contributed by atoms with Gasteiger partial charge in [0.25, 0.3) is 0 Å². The number of carbonyl (C=O) groups is 4. The highest BCUT2D eigenvalue weighted by Gasteiger charge is 2.34. The molecule has 0 aromatic rings. The first-order valence-corrected chi connectivity index (χ1v) is 16.2. The van der Waals surface area contributed by atoms with Crippen LogP contribution in [0.1, 0.15) is 0 Å². The van der Waals surface area contributed by atoms with Crippen molar-refractivity contribution in [1.82, 2.24) is 0 Å². The van der Waals surface area contributed by atoms with Gasteiger partial charge in [-0.1, -0.05) is 0 Å². The molecule has 0 rings (SSSR count). The lowest BCUT2D eigenvalue weighted by atomic mass is 10.7. The number of thiol groups is 4. The van der Waals surface area contributed by atoms with Crippen LogP contribution in [0.4, 0.5) is 0 Å². The molecule has 0 saturated heterocycles. The molecule has 0 aromatic heterocycles. The van der Waals surface area contributed by atoms with E-state index in [1.807, 2.05) is 0 Å². The highest BCUT2D eigenvalue weighted by molar-refractivity contribution is 8.24. The van der Waals surface area contributed by atoms with E-state index in [2.05, 4.69) is 50.5 Å². The van der Waals surface area contributed by atoms with Crippen LogP contribution in [0.3, 0.4) is 0 Å². The topological polar surface area (TPSA) is 105 Å². The minimum absolute atomic E-state index is 0.235. The van der Waals surface area contributed by atoms with Gasteiger partial charge in [0.05, 0.1) is 35.6 Å². The molecule has 0 N–H and O–H groups in total. The second kappa shape index (κ2) is 24.6. The van der Waals surface area contributed by atoms with Gasteiger partial charge in [0.2, 0.25) is 0 Å². The minimum Gasteiger partial charge on any atom is -0.359 e. The Hall–Kier alpha value is 1.32. The summed E-state index contributed by atoms with van der Waals surface area (Å²) in [4.78, 5) is 46.6. The van der Waals surface area contributed by atoms with Crippen molar-refractivity contribution in [3.63, 3.8) is 0 Å². The highest BCUT2D eigenvalue weighted by Crippen LogP contribution is 2.45. The molecule has 0 fully saturated rings. The lowest BCUT2D eigenvalue weighted by molar-refractivity contribution is -0.114. The minimum atomic E-state index is -0.869. The molecular weight excluding hydrogens is 601 g/mol. The molecule has 0 aliphatic rings. The molecular formula is C18H30O8S8. The third-order valence-electron chi connectivity index (χ3n) is 3.23. The third-order valence-corrected chi connectivity index (χ3v) is 10.2. The van der Waals surface area contributed by atoms with Crippen LogP contribution >= 0.6 is 97.6 Å². The van der Waals surface area contributed by atoms with Crippen molar-refractivity contribution in [2.75, 3.05) is 49.4 Å². The van der Waals surface area contributed by atoms with E-state index in [0.29, 0.717) is 48.2 Å². The summed E-state index contributed by atoms with van der Waals surface area (Å²) in [5.74, 6) is 1.64. The summed E-state index contributed by atoms with van der Waals surface area (Å²) in [6.45, 7) is 0.941. The molecule has 0 amide bonds. The maximum atomic E-state index is 11.7. The van der Waals surface area contributed by atoms with Crippen molar-refractivity contribution < 1.29 is 38.1 Å². The number of carbonyl (C=O) groups excluding carboxylic acids is 4. The van der Waals surface area contributed by atoms with Crippen molar-refractivity contribution >= 4 is 123 Å². The van der Waals surface area contributed by atoms with Crippen molar-refractivity contribution in [1.29, 1.82) is 0 Å². The number of ether oxygens (including phenoxy) is 4. The highest BCUT2D eigenvalue weighted by atomic mass is 32.2. The van der Waals surface area contributed by atoms with Crippen LogP contribution in [-0.2, 0) is 38.1 Å². The monoisotopic (exact) mass is 630 g/mol. The van der Waals surface area contributed by atoms with Gasteiger partial charge in [-0.05, 0) is 0 Å². The average molecular weight is 631 g/mol. The molecule has 4 atom stereocenters. The summed E-state index contributed by atoms with van der Waals surface area (Å²) in [6, 6.07) is 0. The summed E-state index contributed by atoms with van der Waals surface area (Å²) in [6.07, 6.45) is 2.56. The number of thioether (sulfide) groups is 4. The Morgan fingerprint density at radius 3 is 0.824 bits per heavy atom. The number of hydrogen-bond donors (Lipinski definition) is 4. The normalized spacial score (nSPS) is 16.7. The summed E-state index contributed by atoms with van der Waals surface area (Å²) in [5, 5.41) is 0. The Kier molecular flexibility index (Phi) is 25.6. The first-order chi connectivity index (χ1) is 16.5. The summed E-state index contributed by atoms with van der Waals surface area (Å²) < 4.78 is 21.0. The van der Waals surface area contributed by atoms with Gasteiger partial charge < -0.3 is 18.9 Å². The molecule has 0 aliphatic heterocycles. The largest absolute Gasteiger partial charge is 0.359 e. The fourth-order valence-electron chi connectivity index (χ4n) is 1.97. The lowest BCUT2D eigenvalue weighted by Gasteiger charge is -2.31. The molecule has 198 valence electrons. The van der Waals surface area contributed by atoms with E-state index < -0.39 is 30.9 Å². The van der Waals surface area contributed by atoms with Crippen molar-refractivity contribution in [2.24, 2.45) is 0 Å². The second-order valence-electron chi connectivity index (χ2n) is 5.68. The van der Waals surface area contributed by atoms with Gasteiger partial charge in [-0.15, -0.1) is 47.0 Å². The SMILES string of the molecule is O=CC(OCCS)SC(SC(C=O)OCCS)C(SC(C=O)OCCS)SC(C=O)OCCS. The molecule has 0 spiro atoms. The zero-order chi connectivity index (χ0) is 25.6. The number of hydrogen-bond acceptors (Lipinski definition) is 16. The van der Waals surface area contributed by atoms with Crippen LogP contribution in [0.25, 0.3) is 0 Å². The molecule has 34 heavy (non-hydrogen) atoms. The standard InChI is InChI=1S/C18H30O8S8/c19-9-13(23-1-5-27)31-17(32-14(10-20)24-2-6-28)18(33-15(11-21)25-3-7-29)34-16(12-22)26-4-8-30/h9-18,27-30H,1-8H2. The van der Waals surface area contributed by atoms with E-state index in [-0.39, 0.29) is 26.4 Å².